The summed E-state index contributed by atoms with van der Waals surface area (Å²) >= 11 is 0. The van der Waals surface area contributed by atoms with Gasteiger partial charge in [-0.1, -0.05) is 0 Å². The third-order valence-corrected chi connectivity index (χ3v) is 8.38. The van der Waals surface area contributed by atoms with Crippen molar-refractivity contribution in [3.05, 3.63) is 48.0 Å². The standard InChI is InChI=1S/C29H33FN8O2/c1-16-12-38(13-17(2)33-16)24-5-4-21(27(39)34-20-6-19-14-37(3)36-25(19)23(30)7-20)26-22(24)11-31-28(35-26)40-15-29-8-18(9-29)10-32-29/h4-7,11,14,16-18,32-33H,8-10,12-13,15H2,1-3H3,(H,34,39)/t16-,17-,18?,29?/m0/s1. The van der Waals surface area contributed by atoms with E-state index in [2.05, 4.69) is 44.8 Å². The SMILES string of the molecule is C[C@H]1CN(c2ccc(C(=O)Nc3cc(F)c4nn(C)cc4c3)c3nc(OCC45CC(CN4)C5)ncc23)C[C@H](C)N1. The molecule has 1 amide bonds. The molecule has 1 aliphatic carbocycles. The number of aromatic nitrogens is 4. The summed E-state index contributed by atoms with van der Waals surface area (Å²) in [7, 11) is 1.73. The molecular weight excluding hydrogens is 511 g/mol. The lowest BCUT2D eigenvalue weighted by Crippen LogP contribution is -2.54. The summed E-state index contributed by atoms with van der Waals surface area (Å²) in [6.45, 7) is 7.49. The van der Waals surface area contributed by atoms with Crippen LogP contribution in [0.25, 0.3) is 21.8 Å². The molecule has 208 valence electrons. The lowest BCUT2D eigenvalue weighted by molar-refractivity contribution is 0.102. The molecule has 2 aromatic carbocycles. The van der Waals surface area contributed by atoms with Crippen LogP contribution in [0.1, 0.15) is 37.0 Å². The predicted octanol–water partition coefficient (Wildman–Crippen LogP) is 3.23. The van der Waals surface area contributed by atoms with Crippen molar-refractivity contribution in [3.8, 4) is 6.01 Å². The molecule has 4 aromatic rings. The highest BCUT2D eigenvalue weighted by Gasteiger charge is 2.50. The van der Waals surface area contributed by atoms with E-state index in [0.717, 1.165) is 49.5 Å². The van der Waals surface area contributed by atoms with Crippen LogP contribution in [0.4, 0.5) is 15.8 Å². The maximum atomic E-state index is 14.7. The van der Waals surface area contributed by atoms with Crippen molar-refractivity contribution in [1.29, 1.82) is 0 Å². The number of nitrogens with zero attached hydrogens (tertiary/aromatic N) is 5. The van der Waals surface area contributed by atoms with Crippen molar-refractivity contribution < 1.29 is 13.9 Å². The normalized spacial score (nSPS) is 25.8. The molecule has 40 heavy (non-hydrogen) atoms. The second-order valence-electron chi connectivity index (χ2n) is 11.8. The molecule has 3 aliphatic heterocycles. The molecule has 5 heterocycles. The van der Waals surface area contributed by atoms with Crippen LogP contribution < -0.4 is 25.6 Å². The number of piperazine rings is 1. The first kappa shape index (κ1) is 25.2. The number of amides is 1. The number of carbonyl (C=O) groups is 1. The fourth-order valence-corrected chi connectivity index (χ4v) is 6.69. The van der Waals surface area contributed by atoms with Crippen LogP contribution in [0.15, 0.2) is 36.7 Å². The molecule has 2 atom stereocenters. The number of anilines is 2. The first-order valence-electron chi connectivity index (χ1n) is 13.9. The average molecular weight is 545 g/mol. The summed E-state index contributed by atoms with van der Waals surface area (Å²) in [5.41, 5.74) is 2.46. The van der Waals surface area contributed by atoms with E-state index in [1.807, 2.05) is 6.07 Å². The van der Waals surface area contributed by atoms with Gasteiger partial charge >= 0.3 is 6.01 Å². The van der Waals surface area contributed by atoms with E-state index in [-0.39, 0.29) is 23.0 Å². The van der Waals surface area contributed by atoms with Gasteiger partial charge in [-0.3, -0.25) is 9.48 Å². The van der Waals surface area contributed by atoms with Gasteiger partial charge in [0, 0.05) is 66.8 Å². The Morgan fingerprint density at radius 3 is 2.75 bits per heavy atom. The topological polar surface area (TPSA) is 109 Å². The summed E-state index contributed by atoms with van der Waals surface area (Å²) in [6.07, 6.45) is 5.69. The first-order chi connectivity index (χ1) is 19.2. The number of hydrogen-bond donors (Lipinski definition) is 3. The van der Waals surface area contributed by atoms with Crippen molar-refractivity contribution in [2.75, 3.05) is 36.5 Å². The zero-order chi connectivity index (χ0) is 27.6. The summed E-state index contributed by atoms with van der Waals surface area (Å²) in [5.74, 6) is -0.144. The van der Waals surface area contributed by atoms with E-state index < -0.39 is 5.82 Å². The summed E-state index contributed by atoms with van der Waals surface area (Å²) < 4.78 is 22.3. The minimum Gasteiger partial charge on any atom is -0.461 e. The molecule has 4 aliphatic rings. The Balaban J connectivity index is 1.24. The van der Waals surface area contributed by atoms with Crippen molar-refractivity contribution >= 4 is 39.1 Å². The van der Waals surface area contributed by atoms with Gasteiger partial charge in [0.1, 0.15) is 12.1 Å². The van der Waals surface area contributed by atoms with E-state index >= 15 is 0 Å². The lowest BCUT2D eigenvalue weighted by Gasteiger charge is -2.38. The molecule has 8 rings (SSSR count). The Hall–Kier alpha value is -3.83. The monoisotopic (exact) mass is 544 g/mol. The molecule has 0 spiro atoms. The first-order valence-corrected chi connectivity index (χ1v) is 13.9. The van der Waals surface area contributed by atoms with Crippen LogP contribution in [0.5, 0.6) is 6.01 Å². The van der Waals surface area contributed by atoms with Crippen LogP contribution in [-0.2, 0) is 7.05 Å². The zero-order valence-corrected chi connectivity index (χ0v) is 22.9. The van der Waals surface area contributed by atoms with Crippen molar-refractivity contribution in [2.24, 2.45) is 13.0 Å². The maximum absolute atomic E-state index is 14.7. The second-order valence-corrected chi connectivity index (χ2v) is 11.8. The van der Waals surface area contributed by atoms with E-state index in [9.17, 15) is 9.18 Å². The highest BCUT2D eigenvalue weighted by molar-refractivity contribution is 6.14. The van der Waals surface area contributed by atoms with Gasteiger partial charge in [0.2, 0.25) is 0 Å². The van der Waals surface area contributed by atoms with Crippen LogP contribution in [-0.4, -0.2) is 69.5 Å². The Morgan fingerprint density at radius 2 is 2.00 bits per heavy atom. The van der Waals surface area contributed by atoms with Gasteiger partial charge in [-0.05, 0) is 63.4 Å². The van der Waals surface area contributed by atoms with Gasteiger partial charge in [0.05, 0.1) is 16.6 Å². The van der Waals surface area contributed by atoms with Gasteiger partial charge in [0.15, 0.2) is 5.82 Å². The Bertz CT molecular complexity index is 1620. The quantitative estimate of drug-likeness (QED) is 0.340. The number of aryl methyl sites for hydroxylation is 1. The number of benzene rings is 2. The highest BCUT2D eigenvalue weighted by atomic mass is 19.1. The van der Waals surface area contributed by atoms with Gasteiger partial charge in [-0.15, -0.1) is 0 Å². The number of fused-ring (bicyclic) bond motifs is 3. The summed E-state index contributed by atoms with van der Waals surface area (Å²) in [5, 5.41) is 15.5. The highest BCUT2D eigenvalue weighted by Crippen LogP contribution is 2.43. The van der Waals surface area contributed by atoms with Gasteiger partial charge in [0.25, 0.3) is 5.91 Å². The minimum atomic E-state index is -0.494. The largest absolute Gasteiger partial charge is 0.461 e. The van der Waals surface area contributed by atoms with Crippen LogP contribution in [0.3, 0.4) is 0 Å². The van der Waals surface area contributed by atoms with Gasteiger partial charge < -0.3 is 25.6 Å². The van der Waals surface area contributed by atoms with E-state index in [1.54, 1.807) is 36.3 Å². The molecule has 0 unspecified atom stereocenters. The van der Waals surface area contributed by atoms with Crippen molar-refractivity contribution in [1.82, 2.24) is 30.4 Å². The van der Waals surface area contributed by atoms with Crippen LogP contribution in [0.2, 0.25) is 0 Å². The smallest absolute Gasteiger partial charge is 0.317 e. The van der Waals surface area contributed by atoms with Crippen molar-refractivity contribution in [3.63, 3.8) is 0 Å². The number of carbonyl (C=O) groups excluding carboxylic acids is 1. The Morgan fingerprint density at radius 1 is 1.20 bits per heavy atom. The fourth-order valence-electron chi connectivity index (χ4n) is 6.69. The molecule has 2 aromatic heterocycles. The van der Waals surface area contributed by atoms with Gasteiger partial charge in [-0.25, -0.2) is 9.37 Å². The molecule has 10 nitrogen and oxygen atoms in total. The number of hydrogen-bond acceptors (Lipinski definition) is 8. The molecule has 11 heteroatoms. The molecule has 0 radical (unpaired) electrons. The number of nitrogens with one attached hydrogen (secondary N) is 3. The van der Waals surface area contributed by atoms with Crippen LogP contribution >= 0.6 is 0 Å². The minimum absolute atomic E-state index is 0.00707. The number of ether oxygens (including phenoxy) is 1. The summed E-state index contributed by atoms with van der Waals surface area (Å²) in [4.78, 5) is 25.2. The third kappa shape index (κ3) is 4.43. The van der Waals surface area contributed by atoms with Gasteiger partial charge in [-0.2, -0.15) is 10.1 Å². The lowest BCUT2D eigenvalue weighted by atomic mass is 9.74. The molecule has 1 saturated carbocycles. The van der Waals surface area contributed by atoms with E-state index in [4.69, 9.17) is 9.72 Å². The predicted molar refractivity (Wildman–Crippen MR) is 151 cm³/mol. The average Bonchev–Trinajstić information content (AvgIpc) is 3.60. The molecule has 3 N–H and O–H groups in total. The second kappa shape index (κ2) is 9.38. The fraction of sp³-hybridized carbons (Fsp3) is 0.448. The molecular formula is C29H33FN8O2. The Labute approximate surface area is 231 Å². The summed E-state index contributed by atoms with van der Waals surface area (Å²) in [6, 6.07) is 7.61. The van der Waals surface area contributed by atoms with Crippen LogP contribution in [0, 0.1) is 11.7 Å². The number of rotatable bonds is 6. The van der Waals surface area contributed by atoms with E-state index in [0.29, 0.717) is 40.8 Å². The molecule has 4 fully saturated rings. The molecule has 2 bridgehead atoms. The van der Waals surface area contributed by atoms with Crippen molar-refractivity contribution in [2.45, 2.75) is 44.3 Å². The third-order valence-electron chi connectivity index (χ3n) is 8.38. The van der Waals surface area contributed by atoms with E-state index in [1.165, 1.54) is 6.07 Å². The number of halogens is 1. The molecule has 3 saturated heterocycles. The Kier molecular flexibility index (Phi) is 5.90. The maximum Gasteiger partial charge on any atom is 0.317 e. The zero-order valence-electron chi connectivity index (χ0n) is 22.9.